The first-order valence-electron chi connectivity index (χ1n) is 9.37. The number of rotatable bonds is 4. The maximum Gasteiger partial charge on any atom is 0.413 e. The van der Waals surface area contributed by atoms with Crippen molar-refractivity contribution in [2.45, 2.75) is 37.8 Å². The number of hydrogen-bond acceptors (Lipinski definition) is 7. The van der Waals surface area contributed by atoms with Gasteiger partial charge < -0.3 is 20.7 Å². The van der Waals surface area contributed by atoms with Crippen molar-refractivity contribution in [3.8, 4) is 5.75 Å². The van der Waals surface area contributed by atoms with Crippen LogP contribution in [0.2, 0.25) is 0 Å². The second kappa shape index (κ2) is 7.73. The molecule has 12 heteroatoms. The molecule has 2 unspecified atom stereocenters. The molecule has 1 aromatic carbocycles. The fourth-order valence-corrected chi connectivity index (χ4v) is 7.86. The highest BCUT2D eigenvalue weighted by Crippen LogP contribution is 2.25. The van der Waals surface area contributed by atoms with Crippen LogP contribution >= 0.6 is 0 Å². The lowest BCUT2D eigenvalue weighted by molar-refractivity contribution is 0.189. The van der Waals surface area contributed by atoms with Crippen LogP contribution in [0.25, 0.3) is 0 Å². The summed E-state index contributed by atoms with van der Waals surface area (Å²) in [6, 6.07) is 5.53. The monoisotopic (exact) mass is 459 g/mol. The van der Waals surface area contributed by atoms with Crippen LogP contribution < -0.4 is 20.7 Å². The third-order valence-corrected chi connectivity index (χ3v) is 8.93. The summed E-state index contributed by atoms with van der Waals surface area (Å²) >= 11 is 0. The van der Waals surface area contributed by atoms with Crippen molar-refractivity contribution in [1.29, 1.82) is 0 Å². The van der Waals surface area contributed by atoms with Crippen molar-refractivity contribution in [1.82, 2.24) is 10.6 Å². The molecule has 166 valence electrons. The molecule has 3 N–H and O–H groups in total. The van der Waals surface area contributed by atoms with E-state index in [-0.39, 0.29) is 28.8 Å². The van der Waals surface area contributed by atoms with Gasteiger partial charge in [0.05, 0.1) is 34.1 Å². The van der Waals surface area contributed by atoms with Crippen molar-refractivity contribution in [2.24, 2.45) is 0 Å². The molecule has 1 aromatic rings. The Labute approximate surface area is 175 Å². The smallest absolute Gasteiger partial charge is 0.410 e. The zero-order chi connectivity index (χ0) is 22.2. The lowest BCUT2D eigenvalue weighted by atomic mass is 10.0. The molecule has 0 bridgehead atoms. The van der Waals surface area contributed by atoms with Gasteiger partial charge in [0.2, 0.25) is 0 Å². The van der Waals surface area contributed by atoms with Gasteiger partial charge in [0.15, 0.2) is 19.7 Å². The van der Waals surface area contributed by atoms with Crippen molar-refractivity contribution >= 4 is 37.5 Å². The first-order chi connectivity index (χ1) is 13.8. The van der Waals surface area contributed by atoms with E-state index in [2.05, 4.69) is 16.0 Å². The molecule has 2 aliphatic rings. The van der Waals surface area contributed by atoms with E-state index in [4.69, 9.17) is 4.74 Å². The molecule has 3 rings (SSSR count). The number of urea groups is 1. The lowest BCUT2D eigenvalue weighted by Crippen LogP contribution is -2.48. The lowest BCUT2D eigenvalue weighted by Gasteiger charge is -2.24. The van der Waals surface area contributed by atoms with Gasteiger partial charge in [0, 0.05) is 11.8 Å². The number of benzene rings is 1. The number of anilines is 1. The van der Waals surface area contributed by atoms with Gasteiger partial charge in [0.1, 0.15) is 5.75 Å². The average Bonchev–Trinajstić information content (AvgIpc) is 3.00. The predicted molar refractivity (Wildman–Crippen MR) is 111 cm³/mol. The van der Waals surface area contributed by atoms with Crippen molar-refractivity contribution in [3.05, 3.63) is 24.3 Å². The summed E-state index contributed by atoms with van der Waals surface area (Å²) in [5.74, 6) is -0.0678. The second-order valence-electron chi connectivity index (χ2n) is 8.43. The molecule has 0 saturated carbocycles. The summed E-state index contributed by atoms with van der Waals surface area (Å²) < 4.78 is 51.8. The number of carbonyl (C=O) groups excluding carboxylic acids is 2. The molecule has 30 heavy (non-hydrogen) atoms. The third kappa shape index (κ3) is 5.85. The summed E-state index contributed by atoms with van der Waals surface area (Å²) in [5.41, 5.74) is -1.38. The van der Waals surface area contributed by atoms with Gasteiger partial charge in [-0.15, -0.1) is 0 Å². The Bertz CT molecular complexity index is 990. The predicted octanol–water partition coefficient (Wildman–Crippen LogP) is 1.05. The molecule has 2 fully saturated rings. The minimum Gasteiger partial charge on any atom is -0.410 e. The Hall–Kier alpha value is -2.34. The number of nitrogens with one attached hydrogen (secondary N) is 3. The van der Waals surface area contributed by atoms with E-state index in [1.807, 2.05) is 0 Å². The summed E-state index contributed by atoms with van der Waals surface area (Å²) in [6.07, 6.45) is -0.152. The average molecular weight is 460 g/mol. The second-order valence-corrected chi connectivity index (χ2v) is 12.8. The minimum atomic E-state index is -3.18. The van der Waals surface area contributed by atoms with Crippen LogP contribution in [0, 0.1) is 0 Å². The molecule has 2 atom stereocenters. The Morgan fingerprint density at radius 1 is 0.933 bits per heavy atom. The fraction of sp³-hybridized carbons (Fsp3) is 0.556. The van der Waals surface area contributed by atoms with E-state index < -0.39 is 42.9 Å². The molecule has 0 aromatic heterocycles. The van der Waals surface area contributed by atoms with Gasteiger partial charge in [-0.25, -0.2) is 26.4 Å². The number of sulfone groups is 2. The number of amides is 3. The van der Waals surface area contributed by atoms with Crippen LogP contribution in [-0.2, 0) is 19.7 Å². The first-order valence-corrected chi connectivity index (χ1v) is 13.0. The Morgan fingerprint density at radius 3 is 2.03 bits per heavy atom. The minimum absolute atomic E-state index is 0.0124. The SMILES string of the molecule is CC1(NC(=O)Nc2cccc(OC(=O)NC3(C)CCS(=O)(=O)C3)c2)CCS(=O)(=O)C1. The molecule has 2 saturated heterocycles. The summed E-state index contributed by atoms with van der Waals surface area (Å²) in [7, 11) is -6.34. The topological polar surface area (TPSA) is 148 Å². The first kappa shape index (κ1) is 22.3. The summed E-state index contributed by atoms with van der Waals surface area (Å²) in [6.45, 7) is 3.32. The quantitative estimate of drug-likeness (QED) is 0.609. The molecule has 0 aliphatic carbocycles. The molecule has 10 nitrogen and oxygen atoms in total. The van der Waals surface area contributed by atoms with Gasteiger partial charge in [-0.2, -0.15) is 0 Å². The Kier molecular flexibility index (Phi) is 5.76. The van der Waals surface area contributed by atoms with E-state index in [1.165, 1.54) is 12.1 Å². The van der Waals surface area contributed by atoms with Crippen molar-refractivity contribution in [3.63, 3.8) is 0 Å². The summed E-state index contributed by atoms with van der Waals surface area (Å²) in [5, 5.41) is 7.85. The van der Waals surface area contributed by atoms with E-state index in [9.17, 15) is 26.4 Å². The highest BCUT2D eigenvalue weighted by molar-refractivity contribution is 7.92. The van der Waals surface area contributed by atoms with E-state index in [1.54, 1.807) is 26.0 Å². The van der Waals surface area contributed by atoms with E-state index in [0.29, 0.717) is 18.5 Å². The van der Waals surface area contributed by atoms with Crippen LogP contribution in [0.5, 0.6) is 5.75 Å². The van der Waals surface area contributed by atoms with Crippen LogP contribution in [0.3, 0.4) is 0 Å². The molecular weight excluding hydrogens is 434 g/mol. The van der Waals surface area contributed by atoms with E-state index >= 15 is 0 Å². The molecule has 3 amide bonds. The third-order valence-electron chi connectivity index (χ3n) is 5.13. The maximum atomic E-state index is 12.3. The van der Waals surface area contributed by atoms with Gasteiger partial charge >= 0.3 is 12.1 Å². The van der Waals surface area contributed by atoms with Gasteiger partial charge in [-0.3, -0.25) is 0 Å². The zero-order valence-electron chi connectivity index (χ0n) is 16.7. The fourth-order valence-electron chi connectivity index (χ4n) is 3.67. The molecule has 2 heterocycles. The van der Waals surface area contributed by atoms with Crippen LogP contribution in [-0.4, -0.2) is 63.0 Å². The standard InChI is InChI=1S/C18H25N3O7S2/c1-17(6-8-29(24,25)11-17)20-15(22)19-13-4-3-5-14(10-13)28-16(23)21-18(2)7-9-30(26,27)12-18/h3-5,10H,6-9,11-12H2,1-2H3,(H,21,23)(H2,19,20,22). The van der Waals surface area contributed by atoms with Crippen molar-refractivity contribution in [2.75, 3.05) is 28.3 Å². The highest BCUT2D eigenvalue weighted by atomic mass is 32.2. The molecular formula is C18H25N3O7S2. The Balaban J connectivity index is 1.57. The number of hydrogen-bond donors (Lipinski definition) is 3. The zero-order valence-corrected chi connectivity index (χ0v) is 18.4. The Morgan fingerprint density at radius 2 is 1.50 bits per heavy atom. The molecule has 2 aliphatic heterocycles. The number of carbonyl (C=O) groups is 2. The molecule has 0 radical (unpaired) electrons. The van der Waals surface area contributed by atoms with Crippen LogP contribution in [0.15, 0.2) is 24.3 Å². The van der Waals surface area contributed by atoms with Crippen molar-refractivity contribution < 1.29 is 31.2 Å². The van der Waals surface area contributed by atoms with Gasteiger partial charge in [-0.1, -0.05) is 6.07 Å². The van der Waals surface area contributed by atoms with Crippen LogP contribution in [0.1, 0.15) is 26.7 Å². The van der Waals surface area contributed by atoms with Crippen LogP contribution in [0.4, 0.5) is 15.3 Å². The van der Waals surface area contributed by atoms with E-state index in [0.717, 1.165) is 0 Å². The highest BCUT2D eigenvalue weighted by Gasteiger charge is 2.40. The number of ether oxygens (including phenoxy) is 1. The largest absolute Gasteiger partial charge is 0.413 e. The normalized spacial score (nSPS) is 29.1. The maximum absolute atomic E-state index is 12.3. The summed E-state index contributed by atoms with van der Waals surface area (Å²) in [4.78, 5) is 24.4. The van der Waals surface area contributed by atoms with Gasteiger partial charge in [0.25, 0.3) is 0 Å². The van der Waals surface area contributed by atoms with Gasteiger partial charge in [-0.05, 0) is 38.8 Å². The molecule has 0 spiro atoms.